The number of benzene rings is 2. The summed E-state index contributed by atoms with van der Waals surface area (Å²) in [6, 6.07) is 17.1. The zero-order valence-corrected chi connectivity index (χ0v) is 15.4. The molecule has 0 amide bonds. The Balaban J connectivity index is 1.48. The van der Waals surface area contributed by atoms with E-state index in [1.807, 2.05) is 18.2 Å². The van der Waals surface area contributed by atoms with Gasteiger partial charge in [0.1, 0.15) is 6.04 Å². The van der Waals surface area contributed by atoms with Crippen LogP contribution in [0.15, 0.2) is 53.1 Å². The standard InChI is InChI=1S/C21H24N4O/c1-13(2)15-8-10-16(11-9-15)18-12-19(24-23-18)21-22-20(25-26-21)17-7-5-4-6-14(17)3/h4-11,13,18-19,23-24H,12H2,1-3H3. The van der Waals surface area contributed by atoms with Crippen LogP contribution in [0.1, 0.15) is 60.9 Å². The second kappa shape index (κ2) is 7.02. The van der Waals surface area contributed by atoms with Crippen LogP contribution in [-0.4, -0.2) is 10.1 Å². The molecule has 0 bridgehead atoms. The van der Waals surface area contributed by atoms with E-state index in [0.717, 1.165) is 17.5 Å². The topological polar surface area (TPSA) is 63.0 Å². The number of aromatic nitrogens is 2. The first-order valence-corrected chi connectivity index (χ1v) is 9.12. The average Bonchev–Trinajstić information content (AvgIpc) is 3.32. The Hall–Kier alpha value is -2.50. The van der Waals surface area contributed by atoms with E-state index < -0.39 is 0 Å². The molecular weight excluding hydrogens is 324 g/mol. The molecule has 5 heteroatoms. The van der Waals surface area contributed by atoms with Gasteiger partial charge in [-0.3, -0.25) is 0 Å². The number of hydrogen-bond acceptors (Lipinski definition) is 5. The largest absolute Gasteiger partial charge is 0.337 e. The lowest BCUT2D eigenvalue weighted by molar-refractivity contribution is 0.340. The third kappa shape index (κ3) is 3.28. The first kappa shape index (κ1) is 16.9. The van der Waals surface area contributed by atoms with Crippen molar-refractivity contribution in [2.24, 2.45) is 0 Å². The van der Waals surface area contributed by atoms with Gasteiger partial charge in [0, 0.05) is 11.6 Å². The number of nitrogens with zero attached hydrogens (tertiary/aromatic N) is 2. The maximum atomic E-state index is 5.53. The van der Waals surface area contributed by atoms with Crippen LogP contribution in [0.25, 0.3) is 11.4 Å². The summed E-state index contributed by atoms with van der Waals surface area (Å²) < 4.78 is 5.53. The Morgan fingerprint density at radius 2 is 1.73 bits per heavy atom. The molecule has 1 fully saturated rings. The number of aryl methyl sites for hydroxylation is 1. The Morgan fingerprint density at radius 3 is 2.46 bits per heavy atom. The average molecular weight is 348 g/mol. The lowest BCUT2D eigenvalue weighted by atomic mass is 9.97. The van der Waals surface area contributed by atoms with Gasteiger partial charge in [-0.05, 0) is 36.0 Å². The summed E-state index contributed by atoms with van der Waals surface area (Å²) >= 11 is 0. The van der Waals surface area contributed by atoms with Gasteiger partial charge >= 0.3 is 0 Å². The van der Waals surface area contributed by atoms with E-state index in [1.54, 1.807) is 0 Å². The highest BCUT2D eigenvalue weighted by Crippen LogP contribution is 2.32. The molecule has 4 rings (SSSR count). The summed E-state index contributed by atoms with van der Waals surface area (Å²) in [6.45, 7) is 6.47. The normalized spacial score (nSPS) is 20.0. The molecule has 2 heterocycles. The van der Waals surface area contributed by atoms with Gasteiger partial charge in [-0.25, -0.2) is 10.9 Å². The molecule has 0 spiro atoms. The molecular formula is C21H24N4O. The molecule has 0 radical (unpaired) electrons. The van der Waals surface area contributed by atoms with Crippen LogP contribution in [0.5, 0.6) is 0 Å². The highest BCUT2D eigenvalue weighted by atomic mass is 16.5. The van der Waals surface area contributed by atoms with E-state index in [4.69, 9.17) is 4.52 Å². The van der Waals surface area contributed by atoms with Crippen LogP contribution < -0.4 is 10.9 Å². The lowest BCUT2D eigenvalue weighted by Crippen LogP contribution is -2.26. The molecule has 0 aliphatic carbocycles. The molecule has 2 aromatic carbocycles. The summed E-state index contributed by atoms with van der Waals surface area (Å²) in [5, 5.41) is 4.17. The van der Waals surface area contributed by atoms with E-state index >= 15 is 0 Å². The quantitative estimate of drug-likeness (QED) is 0.729. The first-order chi connectivity index (χ1) is 12.6. The van der Waals surface area contributed by atoms with Crippen molar-refractivity contribution in [1.29, 1.82) is 0 Å². The highest BCUT2D eigenvalue weighted by Gasteiger charge is 2.30. The lowest BCUT2D eigenvalue weighted by Gasteiger charge is -2.11. The molecule has 1 saturated heterocycles. The van der Waals surface area contributed by atoms with Crippen molar-refractivity contribution in [3.05, 3.63) is 71.1 Å². The van der Waals surface area contributed by atoms with Gasteiger partial charge in [0.15, 0.2) is 0 Å². The molecule has 1 aliphatic heterocycles. The van der Waals surface area contributed by atoms with Crippen molar-refractivity contribution in [3.63, 3.8) is 0 Å². The zero-order chi connectivity index (χ0) is 18.1. The van der Waals surface area contributed by atoms with Crippen LogP contribution >= 0.6 is 0 Å². The zero-order valence-electron chi connectivity index (χ0n) is 15.4. The monoisotopic (exact) mass is 348 g/mol. The van der Waals surface area contributed by atoms with Gasteiger partial charge in [0.25, 0.3) is 0 Å². The van der Waals surface area contributed by atoms with Crippen LogP contribution in [0.3, 0.4) is 0 Å². The van der Waals surface area contributed by atoms with Crippen molar-refractivity contribution in [2.45, 2.75) is 45.2 Å². The number of hydrogen-bond donors (Lipinski definition) is 2. The summed E-state index contributed by atoms with van der Waals surface area (Å²) in [4.78, 5) is 4.61. The second-order valence-electron chi connectivity index (χ2n) is 7.22. The van der Waals surface area contributed by atoms with Crippen LogP contribution in [-0.2, 0) is 0 Å². The van der Waals surface area contributed by atoms with Crippen LogP contribution in [0.4, 0.5) is 0 Å². The van der Waals surface area contributed by atoms with Crippen molar-refractivity contribution < 1.29 is 4.52 Å². The SMILES string of the molecule is Cc1ccccc1-c1noc(C2CC(c3ccc(C(C)C)cc3)NN2)n1. The summed E-state index contributed by atoms with van der Waals surface area (Å²) in [5.74, 6) is 1.81. The van der Waals surface area contributed by atoms with Crippen LogP contribution in [0, 0.1) is 6.92 Å². The third-order valence-corrected chi connectivity index (χ3v) is 5.03. The predicted molar refractivity (Wildman–Crippen MR) is 101 cm³/mol. The maximum Gasteiger partial charge on any atom is 0.245 e. The summed E-state index contributed by atoms with van der Waals surface area (Å²) in [6.07, 6.45) is 0.871. The molecule has 26 heavy (non-hydrogen) atoms. The third-order valence-electron chi connectivity index (χ3n) is 5.03. The van der Waals surface area contributed by atoms with Gasteiger partial charge in [-0.15, -0.1) is 0 Å². The molecule has 1 aliphatic rings. The molecule has 2 atom stereocenters. The van der Waals surface area contributed by atoms with E-state index in [0.29, 0.717) is 17.6 Å². The number of hydrazine groups is 1. The molecule has 5 nitrogen and oxygen atoms in total. The highest BCUT2D eigenvalue weighted by molar-refractivity contribution is 5.59. The minimum Gasteiger partial charge on any atom is -0.337 e. The smallest absolute Gasteiger partial charge is 0.245 e. The fourth-order valence-corrected chi connectivity index (χ4v) is 3.36. The number of rotatable bonds is 4. The van der Waals surface area contributed by atoms with Crippen molar-refractivity contribution in [3.8, 4) is 11.4 Å². The Labute approximate surface area is 153 Å². The fourth-order valence-electron chi connectivity index (χ4n) is 3.36. The van der Waals surface area contributed by atoms with Gasteiger partial charge < -0.3 is 4.52 Å². The van der Waals surface area contributed by atoms with E-state index in [-0.39, 0.29) is 12.1 Å². The minimum absolute atomic E-state index is 0.00930. The molecule has 1 aromatic heterocycles. The van der Waals surface area contributed by atoms with Crippen LogP contribution in [0.2, 0.25) is 0 Å². The van der Waals surface area contributed by atoms with Crippen molar-refractivity contribution >= 4 is 0 Å². The Bertz CT molecular complexity index is 885. The predicted octanol–water partition coefficient (Wildman–Crippen LogP) is 4.45. The summed E-state index contributed by atoms with van der Waals surface area (Å²) in [5.41, 5.74) is 11.4. The molecule has 134 valence electrons. The van der Waals surface area contributed by atoms with E-state index in [9.17, 15) is 0 Å². The van der Waals surface area contributed by atoms with E-state index in [1.165, 1.54) is 11.1 Å². The van der Waals surface area contributed by atoms with Crippen molar-refractivity contribution in [2.75, 3.05) is 0 Å². The fraction of sp³-hybridized carbons (Fsp3) is 0.333. The second-order valence-corrected chi connectivity index (χ2v) is 7.22. The summed E-state index contributed by atoms with van der Waals surface area (Å²) in [7, 11) is 0. The first-order valence-electron chi connectivity index (χ1n) is 9.12. The maximum absolute atomic E-state index is 5.53. The van der Waals surface area contributed by atoms with Gasteiger partial charge in [-0.2, -0.15) is 4.98 Å². The van der Waals surface area contributed by atoms with Gasteiger partial charge in [-0.1, -0.05) is 67.5 Å². The minimum atomic E-state index is 0.00930. The molecule has 2 N–H and O–H groups in total. The van der Waals surface area contributed by atoms with E-state index in [2.05, 4.69) is 72.1 Å². The van der Waals surface area contributed by atoms with Gasteiger partial charge in [0.2, 0.25) is 11.7 Å². The Morgan fingerprint density at radius 1 is 1.00 bits per heavy atom. The van der Waals surface area contributed by atoms with Crippen molar-refractivity contribution in [1.82, 2.24) is 21.0 Å². The molecule has 0 saturated carbocycles. The molecule has 2 unspecified atom stereocenters. The van der Waals surface area contributed by atoms with Gasteiger partial charge in [0.05, 0.1) is 0 Å². The molecule has 3 aromatic rings. The number of nitrogens with one attached hydrogen (secondary N) is 2. The Kier molecular flexibility index (Phi) is 4.57.